The molecule has 0 aromatic rings. The molecular weight excluding hydrogens is 164 g/mol. The summed E-state index contributed by atoms with van der Waals surface area (Å²) < 4.78 is 1.29. The molecule has 0 heterocycles. The van der Waals surface area contributed by atoms with Crippen LogP contribution in [0.5, 0.6) is 0 Å². The molecular formula is C7H13Br. The van der Waals surface area contributed by atoms with Gasteiger partial charge in [0, 0.05) is 0 Å². The molecule has 0 aromatic carbocycles. The number of halogens is 1. The summed E-state index contributed by atoms with van der Waals surface area (Å²) in [7, 11) is 0. The Morgan fingerprint density at radius 3 is 2.00 bits per heavy atom. The van der Waals surface area contributed by atoms with Crippen LogP contribution in [-0.4, -0.2) is 0 Å². The Balaban J connectivity index is 3.62. The fourth-order valence-corrected chi connectivity index (χ4v) is 0.745. The van der Waals surface area contributed by atoms with Gasteiger partial charge in [0.2, 0.25) is 0 Å². The largest absolute Gasteiger partial charge is 0.0651 e. The first-order valence-corrected chi connectivity index (χ1v) is 3.79. The molecule has 0 saturated carbocycles. The average Bonchev–Trinajstić information content (AvgIpc) is 1.67. The zero-order valence-electron chi connectivity index (χ0n) is 5.79. The van der Waals surface area contributed by atoms with Crippen LogP contribution in [0.4, 0.5) is 0 Å². The molecule has 0 fully saturated rings. The van der Waals surface area contributed by atoms with Crippen LogP contribution < -0.4 is 0 Å². The minimum absolute atomic E-state index is 1.22. The van der Waals surface area contributed by atoms with E-state index in [0.29, 0.717) is 0 Å². The molecule has 0 spiro atoms. The van der Waals surface area contributed by atoms with Crippen LogP contribution in [0.15, 0.2) is 10.1 Å². The van der Waals surface area contributed by atoms with E-state index in [9.17, 15) is 0 Å². The topological polar surface area (TPSA) is 0 Å². The van der Waals surface area contributed by atoms with Crippen LogP contribution in [0, 0.1) is 0 Å². The molecule has 0 bridgehead atoms. The molecule has 1 heteroatoms. The average molecular weight is 177 g/mol. The van der Waals surface area contributed by atoms with Gasteiger partial charge in [0.15, 0.2) is 0 Å². The van der Waals surface area contributed by atoms with Crippen molar-refractivity contribution in [3.8, 4) is 0 Å². The van der Waals surface area contributed by atoms with Crippen molar-refractivity contribution < 1.29 is 0 Å². The highest BCUT2D eigenvalue weighted by Crippen LogP contribution is 2.14. The molecule has 0 atom stereocenters. The van der Waals surface area contributed by atoms with E-state index in [1.54, 1.807) is 0 Å². The summed E-state index contributed by atoms with van der Waals surface area (Å²) in [6.45, 7) is 6.44. The summed E-state index contributed by atoms with van der Waals surface area (Å²) in [5.41, 5.74) is 1.47. The number of allylic oxidation sites excluding steroid dienone is 2. The van der Waals surface area contributed by atoms with Gasteiger partial charge in [-0.1, -0.05) is 34.8 Å². The van der Waals surface area contributed by atoms with Gasteiger partial charge in [-0.3, -0.25) is 0 Å². The Bertz CT molecular complexity index is 88.6. The Hall–Kier alpha value is 0.220. The van der Waals surface area contributed by atoms with Gasteiger partial charge in [0.05, 0.1) is 0 Å². The maximum atomic E-state index is 3.42. The van der Waals surface area contributed by atoms with Crippen LogP contribution >= 0.6 is 15.9 Å². The monoisotopic (exact) mass is 176 g/mol. The van der Waals surface area contributed by atoms with Crippen LogP contribution in [0.3, 0.4) is 0 Å². The van der Waals surface area contributed by atoms with Gasteiger partial charge in [-0.25, -0.2) is 0 Å². The van der Waals surface area contributed by atoms with E-state index in [1.165, 1.54) is 22.9 Å². The van der Waals surface area contributed by atoms with Crippen molar-refractivity contribution in [2.75, 3.05) is 0 Å². The lowest BCUT2D eigenvalue weighted by atomic mass is 10.2. The van der Waals surface area contributed by atoms with Crippen molar-refractivity contribution in [3.05, 3.63) is 10.1 Å². The molecule has 0 radical (unpaired) electrons. The molecule has 0 N–H and O–H groups in total. The Morgan fingerprint density at radius 2 is 1.88 bits per heavy atom. The molecule has 0 aliphatic rings. The third kappa shape index (κ3) is 3.25. The van der Waals surface area contributed by atoms with Gasteiger partial charge >= 0.3 is 0 Å². The van der Waals surface area contributed by atoms with Crippen LogP contribution in [0.1, 0.15) is 33.6 Å². The molecule has 0 aliphatic carbocycles. The fourth-order valence-electron chi connectivity index (χ4n) is 0.547. The van der Waals surface area contributed by atoms with E-state index in [-0.39, 0.29) is 0 Å². The SMILES string of the molecule is CCCC(C)=C(C)Br. The summed E-state index contributed by atoms with van der Waals surface area (Å²) in [5, 5.41) is 0. The first kappa shape index (κ1) is 8.22. The van der Waals surface area contributed by atoms with E-state index in [4.69, 9.17) is 0 Å². The molecule has 48 valence electrons. The predicted molar refractivity (Wildman–Crippen MR) is 42.2 cm³/mol. The molecule has 0 amide bonds. The summed E-state index contributed by atoms with van der Waals surface area (Å²) in [4.78, 5) is 0. The zero-order valence-corrected chi connectivity index (χ0v) is 7.38. The van der Waals surface area contributed by atoms with Crippen molar-refractivity contribution in [1.29, 1.82) is 0 Å². The van der Waals surface area contributed by atoms with E-state index in [1.807, 2.05) is 0 Å². The first-order chi connectivity index (χ1) is 3.68. The third-order valence-corrected chi connectivity index (χ3v) is 1.89. The van der Waals surface area contributed by atoms with Gasteiger partial charge < -0.3 is 0 Å². The maximum absolute atomic E-state index is 3.42. The van der Waals surface area contributed by atoms with Crippen LogP contribution in [0.25, 0.3) is 0 Å². The highest BCUT2D eigenvalue weighted by atomic mass is 79.9. The van der Waals surface area contributed by atoms with Gasteiger partial charge in [0.25, 0.3) is 0 Å². The molecule has 0 rings (SSSR count). The molecule has 8 heavy (non-hydrogen) atoms. The lowest BCUT2D eigenvalue weighted by Gasteiger charge is -1.96. The molecule has 0 aromatic heterocycles. The second-order valence-electron chi connectivity index (χ2n) is 2.06. The molecule has 0 nitrogen and oxygen atoms in total. The standard InChI is InChI=1S/C7H13Br/c1-4-5-6(2)7(3)8/h4-5H2,1-3H3. The van der Waals surface area contributed by atoms with Crippen molar-refractivity contribution >= 4 is 15.9 Å². The van der Waals surface area contributed by atoms with Crippen molar-refractivity contribution in [2.24, 2.45) is 0 Å². The lowest BCUT2D eigenvalue weighted by molar-refractivity contribution is 0.901. The van der Waals surface area contributed by atoms with Crippen molar-refractivity contribution in [2.45, 2.75) is 33.6 Å². The normalized spacial score (nSPS) is 13.5. The van der Waals surface area contributed by atoms with Gasteiger partial charge in [-0.15, -0.1) is 0 Å². The highest BCUT2D eigenvalue weighted by molar-refractivity contribution is 9.11. The predicted octanol–water partition coefficient (Wildman–Crippen LogP) is 3.48. The van der Waals surface area contributed by atoms with Gasteiger partial charge in [-0.05, 0) is 24.8 Å². The third-order valence-electron chi connectivity index (χ3n) is 1.21. The zero-order chi connectivity index (χ0) is 6.57. The Labute approximate surface area is 60.1 Å². The smallest absolute Gasteiger partial charge is 0.00912 e. The minimum atomic E-state index is 1.22. The summed E-state index contributed by atoms with van der Waals surface area (Å²) in [6.07, 6.45) is 2.46. The van der Waals surface area contributed by atoms with E-state index >= 15 is 0 Å². The number of rotatable bonds is 2. The van der Waals surface area contributed by atoms with E-state index in [0.717, 1.165) is 0 Å². The van der Waals surface area contributed by atoms with Gasteiger partial charge in [-0.2, -0.15) is 0 Å². The summed E-state index contributed by atoms with van der Waals surface area (Å²) >= 11 is 3.42. The maximum Gasteiger partial charge on any atom is -0.00912 e. The molecule has 0 saturated heterocycles. The first-order valence-electron chi connectivity index (χ1n) is 3.00. The second-order valence-corrected chi connectivity index (χ2v) is 3.25. The molecule has 0 unspecified atom stereocenters. The molecule has 0 aliphatic heterocycles. The fraction of sp³-hybridized carbons (Fsp3) is 0.714. The number of hydrogen-bond acceptors (Lipinski definition) is 0. The summed E-state index contributed by atoms with van der Waals surface area (Å²) in [6, 6.07) is 0. The van der Waals surface area contributed by atoms with E-state index in [2.05, 4.69) is 36.7 Å². The van der Waals surface area contributed by atoms with E-state index < -0.39 is 0 Å². The van der Waals surface area contributed by atoms with Crippen molar-refractivity contribution in [3.63, 3.8) is 0 Å². The van der Waals surface area contributed by atoms with Crippen LogP contribution in [0.2, 0.25) is 0 Å². The second kappa shape index (κ2) is 4.13. The highest BCUT2D eigenvalue weighted by Gasteiger charge is 1.88. The Kier molecular flexibility index (Phi) is 4.25. The quantitative estimate of drug-likeness (QED) is 0.605. The lowest BCUT2D eigenvalue weighted by Crippen LogP contribution is -1.75. The minimum Gasteiger partial charge on any atom is -0.0651 e. The summed E-state index contributed by atoms with van der Waals surface area (Å²) in [5.74, 6) is 0. The van der Waals surface area contributed by atoms with Gasteiger partial charge in [0.1, 0.15) is 0 Å². The van der Waals surface area contributed by atoms with Crippen molar-refractivity contribution in [1.82, 2.24) is 0 Å². The van der Waals surface area contributed by atoms with Crippen LogP contribution in [-0.2, 0) is 0 Å². The Morgan fingerprint density at radius 1 is 1.38 bits per heavy atom. The number of hydrogen-bond donors (Lipinski definition) is 0.